The van der Waals surface area contributed by atoms with Gasteiger partial charge in [-0.15, -0.1) is 11.8 Å². The van der Waals surface area contributed by atoms with Crippen molar-refractivity contribution in [3.63, 3.8) is 0 Å². The SMILES string of the molecule is O=C(CCCC(=O)Nc1ccc([C@H]2O[C@@H](CSc3ccccc3)C[C@@H](c3ccc(CO)cc3)O2)cc1)NO. The van der Waals surface area contributed by atoms with Gasteiger partial charge in [0.2, 0.25) is 11.8 Å². The maximum atomic E-state index is 12.2. The van der Waals surface area contributed by atoms with Crippen LogP contribution in [0.1, 0.15) is 54.8 Å². The molecule has 1 aliphatic heterocycles. The lowest BCUT2D eigenvalue weighted by Gasteiger charge is -2.36. The molecule has 3 aromatic carbocycles. The molecule has 4 N–H and O–H groups in total. The van der Waals surface area contributed by atoms with E-state index in [1.54, 1.807) is 29.4 Å². The fourth-order valence-corrected chi connectivity index (χ4v) is 5.08. The van der Waals surface area contributed by atoms with Gasteiger partial charge < -0.3 is 19.9 Å². The third-order valence-electron chi connectivity index (χ3n) is 6.19. The predicted octanol–water partition coefficient (Wildman–Crippen LogP) is 5.13. The minimum absolute atomic E-state index is 0.00520. The quantitative estimate of drug-likeness (QED) is 0.152. The van der Waals surface area contributed by atoms with Crippen molar-refractivity contribution in [1.29, 1.82) is 0 Å². The molecule has 9 heteroatoms. The molecule has 0 spiro atoms. The first kappa shape index (κ1) is 27.8. The number of thioether (sulfide) groups is 1. The number of carbonyl (C=O) groups is 2. The lowest BCUT2D eigenvalue weighted by molar-refractivity contribution is -0.245. The molecule has 0 aliphatic carbocycles. The minimum atomic E-state index is -0.575. The molecule has 2 amide bonds. The zero-order valence-corrected chi connectivity index (χ0v) is 21.7. The largest absolute Gasteiger partial charge is 0.392 e. The Hall–Kier alpha value is -3.21. The molecular weight excluding hydrogens is 504 g/mol. The normalized spacial score (nSPS) is 19.1. The Bertz CT molecular complexity index is 1170. The molecule has 1 aliphatic rings. The van der Waals surface area contributed by atoms with E-state index < -0.39 is 12.2 Å². The summed E-state index contributed by atoms with van der Waals surface area (Å²) in [5.41, 5.74) is 4.91. The Morgan fingerprint density at radius 3 is 2.24 bits per heavy atom. The van der Waals surface area contributed by atoms with Crippen molar-refractivity contribution in [2.45, 2.75) is 55.7 Å². The number of nitrogens with one attached hydrogen (secondary N) is 2. The van der Waals surface area contributed by atoms with Gasteiger partial charge in [0.15, 0.2) is 6.29 Å². The second kappa shape index (κ2) is 14.1. The number of benzene rings is 3. The number of aliphatic hydroxyl groups is 1. The van der Waals surface area contributed by atoms with Gasteiger partial charge >= 0.3 is 0 Å². The van der Waals surface area contributed by atoms with Gasteiger partial charge in [0, 0.05) is 41.2 Å². The third kappa shape index (κ3) is 8.14. The van der Waals surface area contributed by atoms with Gasteiger partial charge in [-0.05, 0) is 41.8 Å². The van der Waals surface area contributed by atoms with Gasteiger partial charge in [0.25, 0.3) is 0 Å². The van der Waals surface area contributed by atoms with Crippen molar-refractivity contribution < 1.29 is 29.4 Å². The standard InChI is InChI=1S/C29H32N2O6S/c32-18-20-9-11-21(12-10-20)26-17-24(19-38-25-5-2-1-3-6-25)36-29(37-26)22-13-15-23(16-14-22)30-27(33)7-4-8-28(34)31-35/h1-3,5-6,9-16,24,26,29,32,35H,4,7-8,17-19H2,(H,30,33)(H,31,34)/t24-,26+,29+/m1/s1. The van der Waals surface area contributed by atoms with Crippen LogP contribution in [-0.4, -0.2) is 34.0 Å². The molecule has 0 aromatic heterocycles. The van der Waals surface area contributed by atoms with Crippen LogP contribution in [0, 0.1) is 0 Å². The monoisotopic (exact) mass is 536 g/mol. The number of aliphatic hydroxyl groups excluding tert-OH is 1. The van der Waals surface area contributed by atoms with E-state index in [9.17, 15) is 14.7 Å². The van der Waals surface area contributed by atoms with Crippen LogP contribution in [0.15, 0.2) is 83.8 Å². The molecule has 1 saturated heterocycles. The van der Waals surface area contributed by atoms with Crippen molar-refractivity contribution >= 4 is 29.3 Å². The zero-order valence-electron chi connectivity index (χ0n) is 20.9. The first-order valence-electron chi connectivity index (χ1n) is 12.5. The molecule has 0 radical (unpaired) electrons. The summed E-state index contributed by atoms with van der Waals surface area (Å²) < 4.78 is 12.8. The fourth-order valence-electron chi connectivity index (χ4n) is 4.14. The Morgan fingerprint density at radius 2 is 1.55 bits per heavy atom. The summed E-state index contributed by atoms with van der Waals surface area (Å²) in [7, 11) is 0. The fraction of sp³-hybridized carbons (Fsp3) is 0.310. The second-order valence-corrected chi connectivity index (χ2v) is 10.1. The Balaban J connectivity index is 1.41. The molecule has 8 nitrogen and oxygen atoms in total. The van der Waals surface area contributed by atoms with Gasteiger partial charge in [-0.2, -0.15) is 0 Å². The highest BCUT2D eigenvalue weighted by atomic mass is 32.2. The summed E-state index contributed by atoms with van der Waals surface area (Å²) in [5, 5.41) is 20.8. The van der Waals surface area contributed by atoms with Crippen molar-refractivity contribution in [1.82, 2.24) is 5.48 Å². The summed E-state index contributed by atoms with van der Waals surface area (Å²) >= 11 is 1.75. The smallest absolute Gasteiger partial charge is 0.243 e. The zero-order chi connectivity index (χ0) is 26.7. The van der Waals surface area contributed by atoms with Crippen LogP contribution in [0.4, 0.5) is 5.69 Å². The van der Waals surface area contributed by atoms with Crippen LogP contribution in [0.25, 0.3) is 0 Å². The van der Waals surface area contributed by atoms with Gasteiger partial charge in [-0.1, -0.05) is 54.6 Å². The lowest BCUT2D eigenvalue weighted by Crippen LogP contribution is -2.31. The maximum absolute atomic E-state index is 12.2. The number of ether oxygens (including phenoxy) is 2. The Labute approximate surface area is 226 Å². The highest BCUT2D eigenvalue weighted by Crippen LogP contribution is 2.39. The predicted molar refractivity (Wildman–Crippen MR) is 144 cm³/mol. The topological polar surface area (TPSA) is 117 Å². The molecule has 200 valence electrons. The van der Waals surface area contributed by atoms with Crippen molar-refractivity contribution in [3.05, 3.63) is 95.6 Å². The average molecular weight is 537 g/mol. The summed E-state index contributed by atoms with van der Waals surface area (Å²) in [6.45, 7) is -0.00520. The first-order valence-corrected chi connectivity index (χ1v) is 13.5. The number of anilines is 1. The highest BCUT2D eigenvalue weighted by Gasteiger charge is 2.32. The van der Waals surface area contributed by atoms with Gasteiger partial charge in [0.05, 0.1) is 18.8 Å². The van der Waals surface area contributed by atoms with Crippen molar-refractivity contribution in [2.24, 2.45) is 0 Å². The molecule has 0 unspecified atom stereocenters. The van der Waals surface area contributed by atoms with E-state index in [4.69, 9.17) is 14.7 Å². The number of carbonyl (C=O) groups excluding carboxylic acids is 2. The van der Waals surface area contributed by atoms with Gasteiger partial charge in [0.1, 0.15) is 0 Å². The number of rotatable bonds is 11. The molecular formula is C29H32N2O6S. The first-order chi connectivity index (χ1) is 18.5. The van der Waals surface area contributed by atoms with Gasteiger partial charge in [-0.3, -0.25) is 14.8 Å². The van der Waals surface area contributed by atoms with Crippen LogP contribution < -0.4 is 10.8 Å². The van der Waals surface area contributed by atoms with E-state index in [-0.39, 0.29) is 37.6 Å². The Kier molecular flexibility index (Phi) is 10.3. The van der Waals surface area contributed by atoms with E-state index in [0.717, 1.165) is 22.4 Å². The van der Waals surface area contributed by atoms with Crippen LogP contribution in [0.5, 0.6) is 0 Å². The summed E-state index contributed by atoms with van der Waals surface area (Å²) in [5.74, 6) is 0.0492. The molecule has 1 heterocycles. The molecule has 4 rings (SSSR count). The van der Waals surface area contributed by atoms with Crippen LogP contribution in [-0.2, 0) is 25.7 Å². The summed E-state index contributed by atoms with van der Waals surface area (Å²) in [4.78, 5) is 24.4. The molecule has 1 fully saturated rings. The minimum Gasteiger partial charge on any atom is -0.392 e. The van der Waals surface area contributed by atoms with Crippen LogP contribution >= 0.6 is 11.8 Å². The van der Waals surface area contributed by atoms with Crippen molar-refractivity contribution in [2.75, 3.05) is 11.1 Å². The maximum Gasteiger partial charge on any atom is 0.243 e. The third-order valence-corrected chi connectivity index (χ3v) is 7.34. The lowest BCUT2D eigenvalue weighted by atomic mass is 10.0. The number of hydrogen-bond acceptors (Lipinski definition) is 7. The van der Waals surface area contributed by atoms with E-state index >= 15 is 0 Å². The number of amides is 2. The van der Waals surface area contributed by atoms with Crippen LogP contribution in [0.2, 0.25) is 0 Å². The highest BCUT2D eigenvalue weighted by molar-refractivity contribution is 7.99. The molecule has 0 bridgehead atoms. The van der Waals surface area contributed by atoms with E-state index in [1.165, 1.54) is 4.90 Å². The number of hydroxylamine groups is 1. The van der Waals surface area contributed by atoms with Gasteiger partial charge in [-0.25, -0.2) is 5.48 Å². The molecule has 3 aromatic rings. The molecule has 3 atom stereocenters. The summed E-state index contributed by atoms with van der Waals surface area (Å²) in [6, 6.07) is 25.3. The number of hydrogen-bond donors (Lipinski definition) is 4. The van der Waals surface area contributed by atoms with E-state index in [2.05, 4.69) is 17.4 Å². The van der Waals surface area contributed by atoms with E-state index in [1.807, 2.05) is 54.6 Å². The Morgan fingerprint density at radius 1 is 0.868 bits per heavy atom. The van der Waals surface area contributed by atoms with E-state index in [0.29, 0.717) is 18.5 Å². The average Bonchev–Trinajstić information content (AvgIpc) is 2.96. The molecule has 0 saturated carbocycles. The summed E-state index contributed by atoms with van der Waals surface area (Å²) in [6.07, 6.45) is 0.499. The second-order valence-electron chi connectivity index (χ2n) is 9.03. The van der Waals surface area contributed by atoms with Crippen molar-refractivity contribution in [3.8, 4) is 0 Å². The van der Waals surface area contributed by atoms with Crippen LogP contribution in [0.3, 0.4) is 0 Å². The molecule has 38 heavy (non-hydrogen) atoms.